The van der Waals surface area contributed by atoms with Crippen molar-refractivity contribution in [2.75, 3.05) is 0 Å². The first-order valence-electron chi connectivity index (χ1n) is 3.08. The van der Waals surface area contributed by atoms with E-state index in [-0.39, 0.29) is 0 Å². The minimum atomic E-state index is 0.454. The molecule has 0 unspecified atom stereocenters. The average Bonchev–Trinajstić information content (AvgIpc) is 1.64. The van der Waals surface area contributed by atoms with Crippen LogP contribution >= 0.6 is 0 Å². The van der Waals surface area contributed by atoms with E-state index in [0.717, 1.165) is 0 Å². The summed E-state index contributed by atoms with van der Waals surface area (Å²) in [5, 5.41) is 0. The number of rotatable bonds is 2. The van der Waals surface area contributed by atoms with Crippen molar-refractivity contribution >= 4 is 7.64 Å². The molecule has 0 aliphatic heterocycles. The van der Waals surface area contributed by atoms with E-state index in [2.05, 4.69) is 27.7 Å². The molecule has 0 aromatic rings. The second kappa shape index (κ2) is 3.00. The van der Waals surface area contributed by atoms with Gasteiger partial charge in [0.1, 0.15) is 0 Å². The number of nitrogens with zero attached hydrogens (tertiary/aromatic N) is 1. The Labute approximate surface area is 52.8 Å². The normalized spacial score (nSPS) is 10.6. The van der Waals surface area contributed by atoms with Crippen LogP contribution in [0.25, 0.3) is 0 Å². The molecule has 0 aromatic carbocycles. The van der Waals surface area contributed by atoms with Crippen LogP contribution < -0.4 is 0 Å². The molecule has 0 atom stereocenters. The summed E-state index contributed by atoms with van der Waals surface area (Å²) in [6.07, 6.45) is 0. The van der Waals surface area contributed by atoms with Gasteiger partial charge in [0.15, 0.2) is 0 Å². The molecule has 2 heteroatoms. The van der Waals surface area contributed by atoms with Crippen LogP contribution in [-0.4, -0.2) is 24.2 Å². The van der Waals surface area contributed by atoms with E-state index >= 15 is 0 Å². The summed E-state index contributed by atoms with van der Waals surface area (Å²) < 4.78 is 1.83. The number of hydrogen-bond acceptors (Lipinski definition) is 0. The molecular weight excluding hydrogens is 96.9 g/mol. The topological polar surface area (TPSA) is 3.01 Å². The third-order valence-electron chi connectivity index (χ3n) is 1.19. The molecule has 0 fully saturated rings. The molecule has 0 aliphatic rings. The van der Waals surface area contributed by atoms with Gasteiger partial charge in [0.2, 0.25) is 0 Å². The van der Waals surface area contributed by atoms with Crippen molar-refractivity contribution in [2.45, 2.75) is 39.8 Å². The van der Waals surface area contributed by atoms with Crippen molar-refractivity contribution < 1.29 is 4.48 Å². The van der Waals surface area contributed by atoms with Gasteiger partial charge < -0.3 is 0 Å². The fourth-order valence-electron chi connectivity index (χ4n) is 0.596. The Morgan fingerprint density at radius 1 is 1.00 bits per heavy atom. The average molecular weight is 111 g/mol. The molecule has 45 valence electrons. The van der Waals surface area contributed by atoms with Gasteiger partial charge in [-0.15, -0.1) is 0 Å². The molecule has 1 nitrogen and oxygen atoms in total. The zero-order valence-corrected chi connectivity index (χ0v) is 6.18. The second-order valence-electron chi connectivity index (χ2n) is 2.63. The van der Waals surface area contributed by atoms with Gasteiger partial charge >= 0.3 is 51.9 Å². The third kappa shape index (κ3) is 2.24. The van der Waals surface area contributed by atoms with E-state index in [0.29, 0.717) is 12.1 Å². The van der Waals surface area contributed by atoms with Gasteiger partial charge in [-0.2, -0.15) is 0 Å². The Hall–Kier alpha value is -0.135. The number of hydrogen-bond donors (Lipinski definition) is 0. The van der Waals surface area contributed by atoms with Crippen molar-refractivity contribution in [2.24, 2.45) is 0 Å². The van der Waals surface area contributed by atoms with Crippen LogP contribution in [0.15, 0.2) is 0 Å². The van der Waals surface area contributed by atoms with Gasteiger partial charge in [-0.1, -0.05) is 0 Å². The summed E-state index contributed by atoms with van der Waals surface area (Å²) in [6, 6.07) is 0.907. The Kier molecular flexibility index (Phi) is 2.95. The standard InChI is InChI=1S/C6H14BN/c1-5(2)8(7)6(3)4/h5-6H,1-4H3/q+1. The van der Waals surface area contributed by atoms with Gasteiger partial charge in [-0.3, -0.25) is 0 Å². The van der Waals surface area contributed by atoms with Crippen molar-refractivity contribution in [3.8, 4) is 0 Å². The van der Waals surface area contributed by atoms with Crippen molar-refractivity contribution in [1.82, 2.24) is 0 Å². The van der Waals surface area contributed by atoms with Crippen LogP contribution in [0.4, 0.5) is 0 Å². The first-order valence-corrected chi connectivity index (χ1v) is 3.08. The molecular formula is C6H14BN+. The summed E-state index contributed by atoms with van der Waals surface area (Å²) in [5.74, 6) is 0. The van der Waals surface area contributed by atoms with Gasteiger partial charge in [0.25, 0.3) is 0 Å². The molecule has 0 aliphatic carbocycles. The minimum absolute atomic E-state index is 0.454. The summed E-state index contributed by atoms with van der Waals surface area (Å²) in [5.41, 5.74) is 0. The first kappa shape index (κ1) is 7.86. The molecule has 8 heavy (non-hydrogen) atoms. The Bertz CT molecular complexity index is 76.5. The summed E-state index contributed by atoms with van der Waals surface area (Å²) in [7, 11) is 5.59. The first-order chi connectivity index (χ1) is 3.55. The van der Waals surface area contributed by atoms with Gasteiger partial charge in [0.05, 0.1) is 0 Å². The zero-order chi connectivity index (χ0) is 6.73. The van der Waals surface area contributed by atoms with Crippen LogP contribution in [0.5, 0.6) is 0 Å². The molecule has 0 bridgehead atoms. The van der Waals surface area contributed by atoms with Crippen LogP contribution in [-0.2, 0) is 0 Å². The Morgan fingerprint density at radius 2 is 1.25 bits per heavy atom. The van der Waals surface area contributed by atoms with Crippen LogP contribution in [0, 0.1) is 0 Å². The maximum absolute atomic E-state index is 5.59. The van der Waals surface area contributed by atoms with Gasteiger partial charge in [-0.05, 0) is 0 Å². The Balaban J connectivity index is 3.65. The fraction of sp³-hybridized carbons (Fsp3) is 1.00. The monoisotopic (exact) mass is 111 g/mol. The predicted molar refractivity (Wildman–Crippen MR) is 36.3 cm³/mol. The fourth-order valence-corrected chi connectivity index (χ4v) is 0.596. The molecule has 0 saturated carbocycles. The molecule has 0 amide bonds. The van der Waals surface area contributed by atoms with E-state index < -0.39 is 0 Å². The second-order valence-corrected chi connectivity index (χ2v) is 2.63. The molecule has 0 spiro atoms. The predicted octanol–water partition coefficient (Wildman–Crippen LogP) is 1.17. The van der Waals surface area contributed by atoms with E-state index in [1.165, 1.54) is 0 Å². The third-order valence-corrected chi connectivity index (χ3v) is 1.19. The van der Waals surface area contributed by atoms with Crippen molar-refractivity contribution in [1.29, 1.82) is 0 Å². The molecule has 0 rings (SSSR count). The van der Waals surface area contributed by atoms with E-state index in [1.54, 1.807) is 0 Å². The van der Waals surface area contributed by atoms with Crippen LogP contribution in [0.3, 0.4) is 0 Å². The molecule has 0 N–H and O–H groups in total. The van der Waals surface area contributed by atoms with Gasteiger partial charge in [-0.25, -0.2) is 0 Å². The van der Waals surface area contributed by atoms with Crippen LogP contribution in [0.2, 0.25) is 0 Å². The summed E-state index contributed by atoms with van der Waals surface area (Å²) in [6.45, 7) is 8.33. The van der Waals surface area contributed by atoms with Crippen molar-refractivity contribution in [3.63, 3.8) is 0 Å². The van der Waals surface area contributed by atoms with E-state index in [9.17, 15) is 0 Å². The van der Waals surface area contributed by atoms with Crippen molar-refractivity contribution in [3.05, 3.63) is 0 Å². The van der Waals surface area contributed by atoms with Gasteiger partial charge in [0, 0.05) is 0 Å². The van der Waals surface area contributed by atoms with E-state index in [1.807, 2.05) is 4.48 Å². The van der Waals surface area contributed by atoms with E-state index in [4.69, 9.17) is 7.64 Å². The molecule has 0 saturated heterocycles. The zero-order valence-electron chi connectivity index (χ0n) is 6.18. The molecule has 1 radical (unpaired) electrons. The quantitative estimate of drug-likeness (QED) is 0.470. The molecule has 0 heterocycles. The maximum atomic E-state index is 5.59. The summed E-state index contributed by atoms with van der Waals surface area (Å²) >= 11 is 0. The SMILES string of the molecule is [B]=[N+](C(C)C)C(C)C. The van der Waals surface area contributed by atoms with Crippen LogP contribution in [0.1, 0.15) is 27.7 Å². The Morgan fingerprint density at radius 3 is 1.25 bits per heavy atom. The molecule has 0 aromatic heterocycles. The summed E-state index contributed by atoms with van der Waals surface area (Å²) in [4.78, 5) is 0.